The fourth-order valence-corrected chi connectivity index (χ4v) is 4.64. The van der Waals surface area contributed by atoms with E-state index in [1.54, 1.807) is 16.8 Å². The molecule has 1 aliphatic heterocycles. The number of aliphatic imine (C=N–C) groups is 1. The molecular weight excluding hydrogens is 570 g/mol. The van der Waals surface area contributed by atoms with Crippen molar-refractivity contribution in [1.29, 1.82) is 0 Å². The van der Waals surface area contributed by atoms with E-state index in [1.807, 2.05) is 99.6 Å². The summed E-state index contributed by atoms with van der Waals surface area (Å²) in [5.41, 5.74) is 3.23. The SMILES string of the molecule is CN(C(=O)CCCOc1cccc2c1CN(CC(=O)NCC(C)(C)C)C(NC(=O)OCCc1ccccc1)=N2)c1ccccc1. The second-order valence-corrected chi connectivity index (χ2v) is 12.1. The van der Waals surface area contributed by atoms with Gasteiger partial charge in [0.05, 0.1) is 25.4 Å². The summed E-state index contributed by atoms with van der Waals surface area (Å²) in [5, 5.41) is 5.70. The zero-order valence-corrected chi connectivity index (χ0v) is 26.5. The van der Waals surface area contributed by atoms with Gasteiger partial charge in [-0.3, -0.25) is 14.9 Å². The molecule has 0 aliphatic carbocycles. The van der Waals surface area contributed by atoms with Gasteiger partial charge in [0.15, 0.2) is 0 Å². The molecule has 0 aromatic heterocycles. The molecule has 1 heterocycles. The third-order valence-corrected chi connectivity index (χ3v) is 7.12. The summed E-state index contributed by atoms with van der Waals surface area (Å²) in [5.74, 6) is 0.651. The highest BCUT2D eigenvalue weighted by Gasteiger charge is 2.27. The molecule has 0 saturated carbocycles. The van der Waals surface area contributed by atoms with Gasteiger partial charge in [-0.2, -0.15) is 0 Å². The van der Waals surface area contributed by atoms with E-state index < -0.39 is 6.09 Å². The third-order valence-electron chi connectivity index (χ3n) is 7.12. The lowest BCUT2D eigenvalue weighted by atomic mass is 9.97. The highest BCUT2D eigenvalue weighted by Crippen LogP contribution is 2.33. The van der Waals surface area contributed by atoms with Gasteiger partial charge in [0.25, 0.3) is 0 Å². The van der Waals surface area contributed by atoms with Gasteiger partial charge in [0, 0.05) is 37.7 Å². The van der Waals surface area contributed by atoms with Gasteiger partial charge in [-0.05, 0) is 41.7 Å². The van der Waals surface area contributed by atoms with Crippen molar-refractivity contribution in [3.05, 3.63) is 90.0 Å². The van der Waals surface area contributed by atoms with Crippen molar-refractivity contribution < 1.29 is 23.9 Å². The summed E-state index contributed by atoms with van der Waals surface area (Å²) in [6.07, 6.45) is 0.797. The molecule has 0 bridgehead atoms. The maximum Gasteiger partial charge on any atom is 0.413 e. The summed E-state index contributed by atoms with van der Waals surface area (Å²) in [4.78, 5) is 46.4. The van der Waals surface area contributed by atoms with Crippen molar-refractivity contribution >= 4 is 35.2 Å². The van der Waals surface area contributed by atoms with Crippen molar-refractivity contribution in [2.45, 2.75) is 46.6 Å². The third kappa shape index (κ3) is 10.4. The summed E-state index contributed by atoms with van der Waals surface area (Å²) < 4.78 is 11.5. The maximum atomic E-state index is 12.9. The van der Waals surface area contributed by atoms with E-state index in [0.29, 0.717) is 43.9 Å². The van der Waals surface area contributed by atoms with Gasteiger partial charge in [-0.15, -0.1) is 0 Å². The van der Waals surface area contributed by atoms with Crippen LogP contribution in [-0.2, 0) is 27.3 Å². The van der Waals surface area contributed by atoms with Crippen LogP contribution in [0.1, 0.15) is 44.7 Å². The number of ether oxygens (including phenoxy) is 2. The molecule has 3 aromatic rings. The number of hydrogen-bond donors (Lipinski definition) is 2. The summed E-state index contributed by atoms with van der Waals surface area (Å²) >= 11 is 0. The molecule has 1 aliphatic rings. The van der Waals surface area contributed by atoms with Crippen LogP contribution >= 0.6 is 0 Å². The fraction of sp³-hybridized carbons (Fsp3) is 0.371. The lowest BCUT2D eigenvalue weighted by molar-refractivity contribution is -0.122. The summed E-state index contributed by atoms with van der Waals surface area (Å²) in [7, 11) is 1.76. The molecule has 238 valence electrons. The molecule has 10 heteroatoms. The van der Waals surface area contributed by atoms with E-state index in [1.165, 1.54) is 0 Å². The Kier molecular flexibility index (Phi) is 11.6. The monoisotopic (exact) mass is 613 g/mol. The minimum absolute atomic E-state index is 0.00306. The van der Waals surface area contributed by atoms with Crippen LogP contribution in [0.25, 0.3) is 0 Å². The molecule has 3 amide bonds. The van der Waals surface area contributed by atoms with Crippen LogP contribution in [0.3, 0.4) is 0 Å². The number of fused-ring (bicyclic) bond motifs is 1. The molecule has 0 fully saturated rings. The fourth-order valence-electron chi connectivity index (χ4n) is 4.64. The van der Waals surface area contributed by atoms with Gasteiger partial charge in [0.1, 0.15) is 12.3 Å². The Labute approximate surface area is 265 Å². The predicted molar refractivity (Wildman–Crippen MR) is 176 cm³/mol. The lowest BCUT2D eigenvalue weighted by Crippen LogP contribution is -2.49. The first kappa shape index (κ1) is 33.0. The zero-order chi connectivity index (χ0) is 32.2. The van der Waals surface area contributed by atoms with E-state index in [9.17, 15) is 14.4 Å². The normalized spacial score (nSPS) is 12.4. The Hall–Kier alpha value is -4.86. The Balaban J connectivity index is 1.40. The van der Waals surface area contributed by atoms with Gasteiger partial charge in [-0.25, -0.2) is 9.79 Å². The van der Waals surface area contributed by atoms with Gasteiger partial charge >= 0.3 is 6.09 Å². The first-order valence-electron chi connectivity index (χ1n) is 15.2. The van der Waals surface area contributed by atoms with Gasteiger partial charge in [-0.1, -0.05) is 75.4 Å². The minimum atomic E-state index is -0.647. The topological polar surface area (TPSA) is 113 Å². The first-order valence-corrected chi connectivity index (χ1v) is 15.2. The average molecular weight is 614 g/mol. The second-order valence-electron chi connectivity index (χ2n) is 12.1. The number of amides is 3. The number of nitrogens with one attached hydrogen (secondary N) is 2. The number of hydrogen-bond acceptors (Lipinski definition) is 7. The summed E-state index contributed by atoms with van der Waals surface area (Å²) in [6, 6.07) is 24.8. The number of alkyl carbamates (subject to hydrolysis) is 1. The number of anilines is 1. The first-order chi connectivity index (χ1) is 21.6. The number of carbonyl (C=O) groups is 3. The van der Waals surface area contributed by atoms with E-state index in [-0.39, 0.29) is 42.9 Å². The van der Waals surface area contributed by atoms with Crippen molar-refractivity contribution in [2.24, 2.45) is 10.4 Å². The lowest BCUT2D eigenvalue weighted by Gasteiger charge is -2.31. The molecule has 2 N–H and O–H groups in total. The Morgan fingerprint density at radius 3 is 2.36 bits per heavy atom. The zero-order valence-electron chi connectivity index (χ0n) is 26.5. The van der Waals surface area contributed by atoms with E-state index in [4.69, 9.17) is 9.47 Å². The molecule has 0 atom stereocenters. The Bertz CT molecular complexity index is 1470. The molecule has 3 aromatic carbocycles. The molecule has 4 rings (SSSR count). The highest BCUT2D eigenvalue weighted by atomic mass is 16.5. The van der Waals surface area contributed by atoms with Crippen LogP contribution in [0.2, 0.25) is 0 Å². The molecular formula is C35H43N5O5. The van der Waals surface area contributed by atoms with Crippen LogP contribution in [-0.4, -0.2) is 62.1 Å². The van der Waals surface area contributed by atoms with Crippen LogP contribution in [0.15, 0.2) is 83.9 Å². The van der Waals surface area contributed by atoms with Gasteiger partial charge in [0.2, 0.25) is 17.8 Å². The van der Waals surface area contributed by atoms with Crippen LogP contribution in [0.4, 0.5) is 16.2 Å². The highest BCUT2D eigenvalue weighted by molar-refractivity contribution is 5.98. The van der Waals surface area contributed by atoms with Gasteiger partial charge < -0.3 is 24.6 Å². The molecule has 0 spiro atoms. The molecule has 0 radical (unpaired) electrons. The smallest absolute Gasteiger partial charge is 0.413 e. The maximum absolute atomic E-state index is 12.9. The Morgan fingerprint density at radius 2 is 1.64 bits per heavy atom. The van der Waals surface area contributed by atoms with E-state index >= 15 is 0 Å². The average Bonchev–Trinajstić information content (AvgIpc) is 3.02. The largest absolute Gasteiger partial charge is 0.493 e. The van der Waals surface area contributed by atoms with Crippen LogP contribution in [0, 0.1) is 5.41 Å². The number of guanidine groups is 1. The quantitative estimate of drug-likeness (QED) is 0.263. The minimum Gasteiger partial charge on any atom is -0.493 e. The van der Waals surface area contributed by atoms with Crippen LogP contribution in [0.5, 0.6) is 5.75 Å². The molecule has 45 heavy (non-hydrogen) atoms. The van der Waals surface area contributed by atoms with Crippen molar-refractivity contribution in [2.75, 3.05) is 38.3 Å². The molecule has 10 nitrogen and oxygen atoms in total. The number of carbonyl (C=O) groups excluding carboxylic acids is 3. The van der Waals surface area contributed by atoms with Crippen molar-refractivity contribution in [3.8, 4) is 5.75 Å². The number of nitrogens with zero attached hydrogens (tertiary/aromatic N) is 3. The Morgan fingerprint density at radius 1 is 0.933 bits per heavy atom. The number of para-hydroxylation sites is 1. The van der Waals surface area contributed by atoms with E-state index in [0.717, 1.165) is 16.8 Å². The standard InChI is InChI=1S/C35H43N5O5/c1-35(2,3)25-36-31(41)24-40-23-28-29(37-33(40)38-34(43)45-22-20-26-13-7-5-8-14-26)17-11-18-30(28)44-21-12-19-32(42)39(4)27-15-9-6-10-16-27/h5-11,13-18H,12,19-25H2,1-4H3,(H,36,41)(H,37,38,43). The van der Waals surface area contributed by atoms with Crippen molar-refractivity contribution in [1.82, 2.24) is 15.5 Å². The number of benzene rings is 3. The van der Waals surface area contributed by atoms with E-state index in [2.05, 4.69) is 15.6 Å². The molecule has 0 saturated heterocycles. The van der Waals surface area contributed by atoms with Crippen LogP contribution < -0.4 is 20.3 Å². The number of rotatable bonds is 12. The molecule has 0 unspecified atom stereocenters. The predicted octanol–water partition coefficient (Wildman–Crippen LogP) is 5.44. The summed E-state index contributed by atoms with van der Waals surface area (Å²) in [6.45, 7) is 7.43. The second kappa shape index (κ2) is 15.7. The van der Waals surface area contributed by atoms with Crippen molar-refractivity contribution in [3.63, 3.8) is 0 Å².